The summed E-state index contributed by atoms with van der Waals surface area (Å²) in [6.07, 6.45) is 10.4. The SMILES string of the molecule is C\C=C/C=C(C#CC(=O)NCCC)\C=C/C. The number of amides is 1. The zero-order valence-corrected chi connectivity index (χ0v) is 10.2. The van der Waals surface area contributed by atoms with Crippen molar-refractivity contribution in [2.45, 2.75) is 27.2 Å². The molecule has 0 atom stereocenters. The molecule has 0 aliphatic rings. The van der Waals surface area contributed by atoms with Crippen molar-refractivity contribution < 1.29 is 4.79 Å². The maximum Gasteiger partial charge on any atom is 0.296 e. The number of hydrogen-bond donors (Lipinski definition) is 1. The first kappa shape index (κ1) is 14.2. The van der Waals surface area contributed by atoms with Gasteiger partial charge in [-0.25, -0.2) is 0 Å². The van der Waals surface area contributed by atoms with Crippen LogP contribution in [0.15, 0.2) is 36.0 Å². The van der Waals surface area contributed by atoms with Gasteiger partial charge in [0.1, 0.15) is 0 Å². The summed E-state index contributed by atoms with van der Waals surface area (Å²) in [6, 6.07) is 0. The summed E-state index contributed by atoms with van der Waals surface area (Å²) in [7, 11) is 0. The molecule has 16 heavy (non-hydrogen) atoms. The van der Waals surface area contributed by atoms with Gasteiger partial charge in [-0.05, 0) is 26.3 Å². The Morgan fingerprint density at radius 3 is 2.56 bits per heavy atom. The lowest BCUT2D eigenvalue weighted by atomic mass is 10.2. The van der Waals surface area contributed by atoms with E-state index in [9.17, 15) is 4.79 Å². The van der Waals surface area contributed by atoms with Crippen LogP contribution < -0.4 is 5.32 Å². The Hall–Kier alpha value is -1.75. The van der Waals surface area contributed by atoms with Crippen molar-refractivity contribution >= 4 is 5.91 Å². The van der Waals surface area contributed by atoms with Crippen LogP contribution in [-0.2, 0) is 4.79 Å². The van der Waals surface area contributed by atoms with E-state index in [0.717, 1.165) is 12.0 Å². The second kappa shape index (κ2) is 9.79. The van der Waals surface area contributed by atoms with Gasteiger partial charge in [0.2, 0.25) is 0 Å². The Kier molecular flexibility index (Phi) is 8.72. The molecule has 2 nitrogen and oxygen atoms in total. The van der Waals surface area contributed by atoms with Gasteiger partial charge in [-0.2, -0.15) is 0 Å². The van der Waals surface area contributed by atoms with Crippen LogP contribution in [0.1, 0.15) is 27.2 Å². The Labute approximate surface area is 98.1 Å². The molecule has 0 saturated carbocycles. The lowest BCUT2D eigenvalue weighted by Crippen LogP contribution is -2.21. The van der Waals surface area contributed by atoms with E-state index in [1.807, 2.05) is 51.2 Å². The molecule has 0 heterocycles. The number of rotatable bonds is 4. The van der Waals surface area contributed by atoms with Crippen LogP contribution in [0.2, 0.25) is 0 Å². The van der Waals surface area contributed by atoms with Crippen LogP contribution in [0.3, 0.4) is 0 Å². The average Bonchev–Trinajstić information content (AvgIpc) is 2.30. The minimum absolute atomic E-state index is 0.224. The number of carbonyl (C=O) groups excluding carboxylic acids is 1. The van der Waals surface area contributed by atoms with Crippen molar-refractivity contribution in [3.8, 4) is 11.8 Å². The van der Waals surface area contributed by atoms with E-state index in [4.69, 9.17) is 0 Å². The molecule has 0 saturated heterocycles. The van der Waals surface area contributed by atoms with Gasteiger partial charge in [-0.1, -0.05) is 37.1 Å². The maximum atomic E-state index is 11.2. The molecule has 0 spiro atoms. The summed E-state index contributed by atoms with van der Waals surface area (Å²) in [6.45, 7) is 6.53. The zero-order valence-electron chi connectivity index (χ0n) is 10.2. The summed E-state index contributed by atoms with van der Waals surface area (Å²) in [5, 5.41) is 2.70. The van der Waals surface area contributed by atoms with Crippen LogP contribution in [0.25, 0.3) is 0 Å². The largest absolute Gasteiger partial charge is 0.345 e. The molecular weight excluding hydrogens is 198 g/mol. The van der Waals surface area contributed by atoms with Gasteiger partial charge in [-0.3, -0.25) is 4.79 Å². The first-order valence-electron chi connectivity index (χ1n) is 5.50. The summed E-state index contributed by atoms with van der Waals surface area (Å²) < 4.78 is 0. The Bertz CT molecular complexity index is 351. The highest BCUT2D eigenvalue weighted by Crippen LogP contribution is 1.95. The second-order valence-corrected chi connectivity index (χ2v) is 3.15. The van der Waals surface area contributed by atoms with Gasteiger partial charge in [0.05, 0.1) is 0 Å². The Morgan fingerprint density at radius 1 is 1.25 bits per heavy atom. The maximum absolute atomic E-state index is 11.2. The second-order valence-electron chi connectivity index (χ2n) is 3.15. The van der Waals surface area contributed by atoms with Gasteiger partial charge >= 0.3 is 0 Å². The van der Waals surface area contributed by atoms with E-state index in [1.54, 1.807) is 0 Å². The molecule has 2 heteroatoms. The minimum atomic E-state index is -0.224. The summed E-state index contributed by atoms with van der Waals surface area (Å²) in [4.78, 5) is 11.2. The van der Waals surface area contributed by atoms with E-state index >= 15 is 0 Å². The number of hydrogen-bond acceptors (Lipinski definition) is 1. The summed E-state index contributed by atoms with van der Waals surface area (Å²) in [5.74, 6) is 5.16. The third kappa shape index (κ3) is 7.64. The first-order valence-corrected chi connectivity index (χ1v) is 5.50. The van der Waals surface area contributed by atoms with Crippen molar-refractivity contribution in [2.24, 2.45) is 0 Å². The minimum Gasteiger partial charge on any atom is -0.345 e. The van der Waals surface area contributed by atoms with E-state index in [0.29, 0.717) is 6.54 Å². The highest BCUT2D eigenvalue weighted by atomic mass is 16.1. The lowest BCUT2D eigenvalue weighted by Gasteiger charge is -1.94. The van der Waals surface area contributed by atoms with E-state index in [-0.39, 0.29) is 5.91 Å². The quantitative estimate of drug-likeness (QED) is 0.569. The first-order chi connectivity index (χ1) is 7.74. The van der Waals surface area contributed by atoms with E-state index in [1.165, 1.54) is 0 Å². The predicted octanol–water partition coefficient (Wildman–Crippen LogP) is 2.59. The van der Waals surface area contributed by atoms with Crippen LogP contribution >= 0.6 is 0 Å². The van der Waals surface area contributed by atoms with Crippen molar-refractivity contribution in [1.29, 1.82) is 0 Å². The third-order valence-corrected chi connectivity index (χ3v) is 1.67. The number of allylic oxidation sites excluding steroid dienone is 6. The van der Waals surface area contributed by atoms with Gasteiger partial charge in [0.15, 0.2) is 0 Å². The Balaban J connectivity index is 4.50. The fraction of sp³-hybridized carbons (Fsp3) is 0.357. The normalized spacial score (nSPS) is 11.6. The lowest BCUT2D eigenvalue weighted by molar-refractivity contribution is -0.115. The van der Waals surface area contributed by atoms with E-state index < -0.39 is 0 Å². The van der Waals surface area contributed by atoms with Crippen LogP contribution in [0.4, 0.5) is 0 Å². The average molecular weight is 217 g/mol. The van der Waals surface area contributed by atoms with Crippen molar-refractivity contribution in [2.75, 3.05) is 6.54 Å². The van der Waals surface area contributed by atoms with Gasteiger partial charge in [0.25, 0.3) is 5.91 Å². The molecule has 0 unspecified atom stereocenters. The van der Waals surface area contributed by atoms with Gasteiger partial charge in [-0.15, -0.1) is 0 Å². The molecule has 1 N–H and O–H groups in total. The molecular formula is C14H19NO. The predicted molar refractivity (Wildman–Crippen MR) is 68.8 cm³/mol. The monoisotopic (exact) mass is 217 g/mol. The van der Waals surface area contributed by atoms with Crippen LogP contribution in [-0.4, -0.2) is 12.5 Å². The summed E-state index contributed by atoms with van der Waals surface area (Å²) in [5.41, 5.74) is 0.826. The molecule has 0 aromatic carbocycles. The topological polar surface area (TPSA) is 29.1 Å². The summed E-state index contributed by atoms with van der Waals surface area (Å²) >= 11 is 0. The van der Waals surface area contributed by atoms with Crippen LogP contribution in [0, 0.1) is 11.8 Å². The molecule has 86 valence electrons. The molecule has 0 radical (unpaired) electrons. The zero-order chi connectivity index (χ0) is 12.2. The van der Waals surface area contributed by atoms with Gasteiger partial charge in [0, 0.05) is 18.0 Å². The third-order valence-electron chi connectivity index (χ3n) is 1.67. The molecule has 0 aliphatic heterocycles. The molecule has 0 bridgehead atoms. The van der Waals surface area contributed by atoms with Crippen molar-refractivity contribution in [3.05, 3.63) is 36.0 Å². The fourth-order valence-electron chi connectivity index (χ4n) is 0.930. The standard InChI is InChI=1S/C14H19NO/c1-4-7-9-13(8-5-2)10-11-14(16)15-12-6-3/h4-5,7-9H,6,12H2,1-3H3,(H,15,16)/b7-4-,8-5-,13-9+. The smallest absolute Gasteiger partial charge is 0.296 e. The molecule has 1 amide bonds. The fourth-order valence-corrected chi connectivity index (χ4v) is 0.930. The molecule has 0 aromatic rings. The molecule has 0 rings (SSSR count). The Morgan fingerprint density at radius 2 is 2.00 bits per heavy atom. The number of nitrogens with one attached hydrogen (secondary N) is 1. The van der Waals surface area contributed by atoms with Crippen LogP contribution in [0.5, 0.6) is 0 Å². The highest BCUT2D eigenvalue weighted by Gasteiger charge is 1.91. The molecule has 0 aliphatic carbocycles. The number of carbonyl (C=O) groups is 1. The van der Waals surface area contributed by atoms with Gasteiger partial charge < -0.3 is 5.32 Å². The molecule has 0 fully saturated rings. The highest BCUT2D eigenvalue weighted by molar-refractivity contribution is 5.94. The van der Waals surface area contributed by atoms with Crippen molar-refractivity contribution in [1.82, 2.24) is 5.32 Å². The molecule has 0 aromatic heterocycles. The van der Waals surface area contributed by atoms with E-state index in [2.05, 4.69) is 17.2 Å². The van der Waals surface area contributed by atoms with Crippen molar-refractivity contribution in [3.63, 3.8) is 0 Å².